The van der Waals surface area contributed by atoms with Crippen molar-refractivity contribution in [1.29, 1.82) is 0 Å². The first-order valence-electron chi connectivity index (χ1n) is 6.01. The van der Waals surface area contributed by atoms with E-state index in [0.717, 1.165) is 11.8 Å². The molecule has 2 rings (SSSR count). The van der Waals surface area contributed by atoms with Gasteiger partial charge in [0, 0.05) is 12.7 Å². The van der Waals surface area contributed by atoms with Crippen molar-refractivity contribution in [1.82, 2.24) is 4.98 Å². The van der Waals surface area contributed by atoms with Gasteiger partial charge in [-0.2, -0.15) is 0 Å². The van der Waals surface area contributed by atoms with Gasteiger partial charge in [0.1, 0.15) is 0 Å². The molecule has 100 valence electrons. The molecular weight excluding hydrogens is 248 g/mol. The summed E-state index contributed by atoms with van der Waals surface area (Å²) in [5, 5.41) is 0. The Morgan fingerprint density at radius 3 is 2.63 bits per heavy atom. The van der Waals surface area contributed by atoms with E-state index in [9.17, 15) is 8.78 Å². The smallest absolute Gasteiger partial charge is 0.184 e. The van der Waals surface area contributed by atoms with Crippen LogP contribution in [0.2, 0.25) is 0 Å². The van der Waals surface area contributed by atoms with Gasteiger partial charge in [-0.15, -0.1) is 0 Å². The molecular formula is C14H15F2N3. The Labute approximate surface area is 110 Å². The molecule has 3 nitrogen and oxygen atoms in total. The van der Waals surface area contributed by atoms with E-state index in [-0.39, 0.29) is 11.4 Å². The van der Waals surface area contributed by atoms with Gasteiger partial charge in [-0.25, -0.2) is 8.78 Å². The lowest BCUT2D eigenvalue weighted by atomic mass is 10.2. The summed E-state index contributed by atoms with van der Waals surface area (Å²) in [6.45, 7) is 2.73. The van der Waals surface area contributed by atoms with Gasteiger partial charge in [0.05, 0.1) is 23.6 Å². The zero-order valence-electron chi connectivity index (χ0n) is 10.6. The van der Waals surface area contributed by atoms with Crippen LogP contribution in [0.15, 0.2) is 36.5 Å². The molecule has 0 unspecified atom stereocenters. The largest absolute Gasteiger partial charge is 0.397 e. The van der Waals surface area contributed by atoms with Crippen LogP contribution in [-0.2, 0) is 6.54 Å². The SMILES string of the molecule is CCN(Cc1ccccn1)c1c(N)ccc(F)c1F. The summed E-state index contributed by atoms with van der Waals surface area (Å²) in [6, 6.07) is 7.88. The molecule has 5 heteroatoms. The summed E-state index contributed by atoms with van der Waals surface area (Å²) in [6.07, 6.45) is 1.66. The summed E-state index contributed by atoms with van der Waals surface area (Å²) < 4.78 is 27.2. The van der Waals surface area contributed by atoms with Crippen LogP contribution < -0.4 is 10.6 Å². The van der Waals surface area contributed by atoms with E-state index in [0.29, 0.717) is 13.1 Å². The number of nitrogens with zero attached hydrogens (tertiary/aromatic N) is 2. The molecule has 0 amide bonds. The van der Waals surface area contributed by atoms with Gasteiger partial charge in [-0.1, -0.05) is 6.07 Å². The topological polar surface area (TPSA) is 42.2 Å². The highest BCUT2D eigenvalue weighted by atomic mass is 19.2. The summed E-state index contributed by atoms with van der Waals surface area (Å²) in [7, 11) is 0. The average Bonchev–Trinajstić information content (AvgIpc) is 2.43. The minimum atomic E-state index is -0.919. The lowest BCUT2D eigenvalue weighted by Crippen LogP contribution is -2.25. The van der Waals surface area contributed by atoms with Crippen molar-refractivity contribution in [2.45, 2.75) is 13.5 Å². The standard InChI is InChI=1S/C14H15F2N3/c1-2-19(9-10-5-3-4-8-18-10)14-12(17)7-6-11(15)13(14)16/h3-8H,2,9,17H2,1H3. The second-order valence-corrected chi connectivity index (χ2v) is 4.13. The molecule has 0 aliphatic heterocycles. The number of nitrogen functional groups attached to an aromatic ring is 1. The van der Waals surface area contributed by atoms with Crippen LogP contribution in [-0.4, -0.2) is 11.5 Å². The van der Waals surface area contributed by atoms with E-state index in [1.54, 1.807) is 17.2 Å². The van der Waals surface area contributed by atoms with Crippen LogP contribution in [0.5, 0.6) is 0 Å². The second-order valence-electron chi connectivity index (χ2n) is 4.13. The quantitative estimate of drug-likeness (QED) is 0.862. The number of pyridine rings is 1. The van der Waals surface area contributed by atoms with E-state index in [1.165, 1.54) is 6.07 Å². The fourth-order valence-corrected chi connectivity index (χ4v) is 1.91. The predicted molar refractivity (Wildman–Crippen MR) is 71.7 cm³/mol. The third-order valence-corrected chi connectivity index (χ3v) is 2.88. The minimum absolute atomic E-state index is 0.0909. The molecule has 0 spiro atoms. The zero-order chi connectivity index (χ0) is 13.8. The van der Waals surface area contributed by atoms with Gasteiger partial charge in [-0.05, 0) is 31.2 Å². The van der Waals surface area contributed by atoms with Crippen molar-refractivity contribution in [3.8, 4) is 0 Å². The van der Waals surface area contributed by atoms with Gasteiger partial charge in [0.2, 0.25) is 0 Å². The molecule has 0 aliphatic rings. The second kappa shape index (κ2) is 5.65. The van der Waals surface area contributed by atoms with E-state index in [1.807, 2.05) is 19.1 Å². The molecule has 19 heavy (non-hydrogen) atoms. The summed E-state index contributed by atoms with van der Waals surface area (Å²) in [5.41, 5.74) is 6.83. The highest BCUT2D eigenvalue weighted by Crippen LogP contribution is 2.29. The molecule has 0 saturated heterocycles. The maximum atomic E-state index is 13.9. The Morgan fingerprint density at radius 2 is 2.00 bits per heavy atom. The molecule has 0 radical (unpaired) electrons. The Hall–Kier alpha value is -2.17. The molecule has 0 fully saturated rings. The summed E-state index contributed by atoms with van der Waals surface area (Å²) >= 11 is 0. The number of hydrogen-bond donors (Lipinski definition) is 1. The van der Waals surface area contributed by atoms with Gasteiger partial charge in [0.25, 0.3) is 0 Å². The van der Waals surface area contributed by atoms with Gasteiger partial charge >= 0.3 is 0 Å². The Bertz CT molecular complexity index is 558. The van der Waals surface area contributed by atoms with Crippen LogP contribution in [0.4, 0.5) is 20.2 Å². The first kappa shape index (κ1) is 13.3. The van der Waals surface area contributed by atoms with E-state index < -0.39 is 11.6 Å². The maximum Gasteiger partial charge on any atom is 0.184 e. The molecule has 1 aromatic heterocycles. The first-order valence-corrected chi connectivity index (χ1v) is 6.01. The Kier molecular flexibility index (Phi) is 3.94. The fourth-order valence-electron chi connectivity index (χ4n) is 1.91. The van der Waals surface area contributed by atoms with Crippen LogP contribution in [0.25, 0.3) is 0 Å². The average molecular weight is 263 g/mol. The van der Waals surface area contributed by atoms with Crippen molar-refractivity contribution >= 4 is 11.4 Å². The van der Waals surface area contributed by atoms with E-state index in [2.05, 4.69) is 4.98 Å². The van der Waals surface area contributed by atoms with Crippen molar-refractivity contribution < 1.29 is 8.78 Å². The molecule has 1 aromatic carbocycles. The molecule has 0 saturated carbocycles. The van der Waals surface area contributed by atoms with Crippen LogP contribution >= 0.6 is 0 Å². The van der Waals surface area contributed by atoms with E-state index in [4.69, 9.17) is 5.73 Å². The number of anilines is 2. The third kappa shape index (κ3) is 2.81. The number of nitrogens with two attached hydrogens (primary N) is 1. The summed E-state index contributed by atoms with van der Waals surface area (Å²) in [4.78, 5) is 5.84. The van der Waals surface area contributed by atoms with Gasteiger partial charge in [0.15, 0.2) is 11.6 Å². The third-order valence-electron chi connectivity index (χ3n) is 2.88. The minimum Gasteiger partial charge on any atom is -0.397 e. The highest BCUT2D eigenvalue weighted by molar-refractivity contribution is 5.68. The highest BCUT2D eigenvalue weighted by Gasteiger charge is 2.17. The van der Waals surface area contributed by atoms with Crippen molar-refractivity contribution in [3.63, 3.8) is 0 Å². The van der Waals surface area contributed by atoms with Gasteiger partial charge in [-0.3, -0.25) is 4.98 Å². The van der Waals surface area contributed by atoms with E-state index >= 15 is 0 Å². The zero-order valence-corrected chi connectivity index (χ0v) is 10.6. The van der Waals surface area contributed by atoms with Gasteiger partial charge < -0.3 is 10.6 Å². The molecule has 2 N–H and O–H groups in total. The molecule has 0 aliphatic carbocycles. The van der Waals surface area contributed by atoms with Crippen LogP contribution in [0, 0.1) is 11.6 Å². The number of halogens is 2. The molecule has 2 aromatic rings. The lowest BCUT2D eigenvalue weighted by molar-refractivity contribution is 0.506. The fraction of sp³-hybridized carbons (Fsp3) is 0.214. The molecule has 1 heterocycles. The number of rotatable bonds is 4. The van der Waals surface area contributed by atoms with Crippen molar-refractivity contribution in [3.05, 3.63) is 53.9 Å². The van der Waals surface area contributed by atoms with Crippen LogP contribution in [0.1, 0.15) is 12.6 Å². The number of aromatic nitrogens is 1. The van der Waals surface area contributed by atoms with Crippen molar-refractivity contribution in [2.75, 3.05) is 17.2 Å². The monoisotopic (exact) mass is 263 g/mol. The predicted octanol–water partition coefficient (Wildman–Crippen LogP) is 2.97. The normalized spacial score (nSPS) is 10.5. The number of hydrogen-bond acceptors (Lipinski definition) is 3. The lowest BCUT2D eigenvalue weighted by Gasteiger charge is -2.24. The first-order chi connectivity index (χ1) is 9.13. The molecule has 0 atom stereocenters. The van der Waals surface area contributed by atoms with Crippen LogP contribution in [0.3, 0.4) is 0 Å². The maximum absolute atomic E-state index is 13.9. The Morgan fingerprint density at radius 1 is 1.21 bits per heavy atom. The summed E-state index contributed by atoms with van der Waals surface area (Å²) in [5.74, 6) is -1.82. The van der Waals surface area contributed by atoms with Crippen molar-refractivity contribution in [2.24, 2.45) is 0 Å². The number of benzene rings is 1. The Balaban J connectivity index is 2.35. The molecule has 0 bridgehead atoms.